The van der Waals surface area contributed by atoms with Crippen molar-refractivity contribution in [1.29, 1.82) is 0 Å². The van der Waals surface area contributed by atoms with Crippen molar-refractivity contribution in [2.45, 2.75) is 38.8 Å². The Hall–Kier alpha value is -3.39. The molecule has 2 aromatic carbocycles. The Morgan fingerprint density at radius 1 is 0.951 bits per heavy atom. The number of piperidine rings is 1. The Bertz CT molecular complexity index is 1510. The second kappa shape index (κ2) is 11.8. The largest absolute Gasteiger partial charge is 0.369 e. The first kappa shape index (κ1) is 27.8. The number of rotatable bonds is 6. The van der Waals surface area contributed by atoms with Crippen LogP contribution in [0.4, 0.5) is 5.69 Å². The minimum absolute atomic E-state index is 0.0131. The van der Waals surface area contributed by atoms with Gasteiger partial charge in [-0.05, 0) is 68.1 Å². The van der Waals surface area contributed by atoms with Gasteiger partial charge in [-0.25, -0.2) is 4.98 Å². The summed E-state index contributed by atoms with van der Waals surface area (Å²) in [5, 5.41) is 8.27. The van der Waals surface area contributed by atoms with Crippen LogP contribution in [0.3, 0.4) is 0 Å². The number of fused-ring (bicyclic) bond motifs is 1. The number of piperazine rings is 1. The summed E-state index contributed by atoms with van der Waals surface area (Å²) in [5.41, 5.74) is 6.94. The zero-order chi connectivity index (χ0) is 28.5. The molecule has 2 aliphatic rings. The Morgan fingerprint density at radius 2 is 1.61 bits per heavy atom. The minimum Gasteiger partial charge on any atom is -0.369 e. The number of anilines is 1. The molecular formula is C33H39ClN6O. The predicted molar refractivity (Wildman–Crippen MR) is 169 cm³/mol. The number of carbonyl (C=O) groups excluding carboxylic acids is 1. The number of hydrogen-bond donors (Lipinski definition) is 2. The monoisotopic (exact) mass is 570 g/mol. The quantitative estimate of drug-likeness (QED) is 0.317. The van der Waals surface area contributed by atoms with Crippen molar-refractivity contribution in [3.63, 3.8) is 0 Å². The van der Waals surface area contributed by atoms with Crippen molar-refractivity contribution < 1.29 is 4.79 Å². The predicted octanol–water partition coefficient (Wildman–Crippen LogP) is 5.57. The second-order valence-corrected chi connectivity index (χ2v) is 11.9. The lowest BCUT2D eigenvalue weighted by atomic mass is 9.97. The number of pyridine rings is 1. The molecule has 0 unspecified atom stereocenters. The van der Waals surface area contributed by atoms with Crippen molar-refractivity contribution in [2.75, 3.05) is 44.2 Å². The summed E-state index contributed by atoms with van der Waals surface area (Å²) >= 11 is 6.80. The van der Waals surface area contributed by atoms with Gasteiger partial charge in [-0.2, -0.15) is 0 Å². The van der Waals surface area contributed by atoms with Crippen LogP contribution in [0.15, 0.2) is 60.8 Å². The fraction of sp³-hybridized carbons (Fsp3) is 0.394. The van der Waals surface area contributed by atoms with Gasteiger partial charge in [0.1, 0.15) is 5.65 Å². The van der Waals surface area contributed by atoms with Gasteiger partial charge in [-0.1, -0.05) is 35.9 Å². The number of nitrogens with zero attached hydrogens (tertiary/aromatic N) is 4. The molecule has 214 valence electrons. The average molecular weight is 571 g/mol. The molecule has 0 bridgehead atoms. The summed E-state index contributed by atoms with van der Waals surface area (Å²) in [6.07, 6.45) is 3.73. The standard InChI is InChI=1S/C33H39ClN6O/c1-22(2)39-18-13-26(14-19-39)37-33(41)25-6-4-23(5-7-25)29-30-28(34)12-15-36-32(30)38(3)31(29)24-8-10-27(11-9-24)40-20-16-35-17-21-40/h4-12,15,22,26,35H,13-14,16-21H2,1-3H3,(H,37,41). The second-order valence-electron chi connectivity index (χ2n) is 11.5. The lowest BCUT2D eigenvalue weighted by Gasteiger charge is -2.34. The highest BCUT2D eigenvalue weighted by Crippen LogP contribution is 2.42. The van der Waals surface area contributed by atoms with Gasteiger partial charge in [-0.3, -0.25) is 4.79 Å². The lowest BCUT2D eigenvalue weighted by Crippen LogP contribution is -2.46. The van der Waals surface area contributed by atoms with E-state index in [1.54, 1.807) is 6.20 Å². The van der Waals surface area contributed by atoms with Crippen LogP contribution in [0.25, 0.3) is 33.4 Å². The molecule has 2 saturated heterocycles. The molecule has 2 aromatic heterocycles. The minimum atomic E-state index is -0.0131. The molecule has 7 nitrogen and oxygen atoms in total. The third-order valence-corrected chi connectivity index (χ3v) is 8.99. The van der Waals surface area contributed by atoms with Crippen molar-refractivity contribution >= 4 is 34.2 Å². The van der Waals surface area contributed by atoms with E-state index in [9.17, 15) is 4.79 Å². The maximum atomic E-state index is 13.1. The molecule has 8 heteroatoms. The first-order valence-electron chi connectivity index (χ1n) is 14.7. The number of likely N-dealkylation sites (tertiary alicyclic amines) is 1. The maximum Gasteiger partial charge on any atom is 0.251 e. The fourth-order valence-electron chi connectivity index (χ4n) is 6.29. The molecule has 0 radical (unpaired) electrons. The molecule has 0 spiro atoms. The smallest absolute Gasteiger partial charge is 0.251 e. The Kier molecular flexibility index (Phi) is 8.02. The molecule has 4 aromatic rings. The van der Waals surface area contributed by atoms with Crippen LogP contribution < -0.4 is 15.5 Å². The highest BCUT2D eigenvalue weighted by atomic mass is 35.5. The van der Waals surface area contributed by atoms with E-state index in [2.05, 4.69) is 68.1 Å². The van der Waals surface area contributed by atoms with E-state index in [1.807, 2.05) is 37.4 Å². The number of halogens is 1. The zero-order valence-electron chi connectivity index (χ0n) is 24.2. The van der Waals surface area contributed by atoms with Crippen molar-refractivity contribution in [1.82, 2.24) is 25.1 Å². The van der Waals surface area contributed by atoms with E-state index in [1.165, 1.54) is 5.69 Å². The number of carbonyl (C=O) groups is 1. The van der Waals surface area contributed by atoms with Gasteiger partial charge in [0.15, 0.2) is 0 Å². The van der Waals surface area contributed by atoms with Crippen LogP contribution in [0, 0.1) is 0 Å². The molecular weight excluding hydrogens is 532 g/mol. The summed E-state index contributed by atoms with van der Waals surface area (Å²) in [6, 6.07) is 19.3. The van der Waals surface area contributed by atoms with Gasteiger partial charge < -0.3 is 25.0 Å². The summed E-state index contributed by atoms with van der Waals surface area (Å²) in [6.45, 7) is 10.5. The first-order valence-corrected chi connectivity index (χ1v) is 15.1. The van der Waals surface area contributed by atoms with Crippen LogP contribution in [-0.4, -0.2) is 71.7 Å². The summed E-state index contributed by atoms with van der Waals surface area (Å²) in [4.78, 5) is 22.7. The van der Waals surface area contributed by atoms with Crippen LogP contribution in [0.2, 0.25) is 5.02 Å². The molecule has 6 rings (SSSR count). The molecule has 2 N–H and O–H groups in total. The first-order chi connectivity index (χ1) is 19.9. The van der Waals surface area contributed by atoms with Gasteiger partial charge >= 0.3 is 0 Å². The van der Waals surface area contributed by atoms with E-state index in [4.69, 9.17) is 11.6 Å². The summed E-state index contributed by atoms with van der Waals surface area (Å²) in [5.74, 6) is -0.0131. The Labute approximate surface area is 247 Å². The molecule has 2 aliphatic heterocycles. The Balaban J connectivity index is 1.30. The average Bonchev–Trinajstić information content (AvgIpc) is 3.31. The molecule has 4 heterocycles. The normalized spacial score (nSPS) is 17.0. The Morgan fingerprint density at radius 3 is 2.27 bits per heavy atom. The third kappa shape index (κ3) is 5.59. The topological polar surface area (TPSA) is 65.4 Å². The number of amides is 1. The van der Waals surface area contributed by atoms with Crippen molar-refractivity contribution in [3.05, 3.63) is 71.4 Å². The number of benzene rings is 2. The number of aromatic nitrogens is 2. The summed E-state index contributed by atoms with van der Waals surface area (Å²) in [7, 11) is 2.04. The highest BCUT2D eigenvalue weighted by Gasteiger charge is 2.24. The van der Waals surface area contributed by atoms with E-state index in [0.29, 0.717) is 16.6 Å². The number of hydrogen-bond acceptors (Lipinski definition) is 5. The molecule has 2 fully saturated rings. The van der Waals surface area contributed by atoms with Crippen LogP contribution in [-0.2, 0) is 7.05 Å². The fourth-order valence-corrected chi connectivity index (χ4v) is 6.53. The van der Waals surface area contributed by atoms with Gasteiger partial charge in [0.25, 0.3) is 5.91 Å². The van der Waals surface area contributed by atoms with Crippen LogP contribution in [0.1, 0.15) is 37.0 Å². The van der Waals surface area contributed by atoms with Crippen LogP contribution >= 0.6 is 11.6 Å². The SMILES string of the molecule is CC(C)N1CCC(NC(=O)c2ccc(-c3c(-c4ccc(N5CCNCC5)cc4)n(C)c4nccc(Cl)c34)cc2)CC1. The van der Waals surface area contributed by atoms with E-state index in [0.717, 1.165) is 85.5 Å². The van der Waals surface area contributed by atoms with Gasteiger partial charge in [0, 0.05) is 86.8 Å². The molecule has 1 amide bonds. The maximum absolute atomic E-state index is 13.1. The lowest BCUT2D eigenvalue weighted by molar-refractivity contribution is 0.0900. The van der Waals surface area contributed by atoms with Crippen LogP contribution in [0.5, 0.6) is 0 Å². The van der Waals surface area contributed by atoms with Crippen molar-refractivity contribution in [3.8, 4) is 22.4 Å². The zero-order valence-corrected chi connectivity index (χ0v) is 24.9. The van der Waals surface area contributed by atoms with Gasteiger partial charge in [0.2, 0.25) is 0 Å². The highest BCUT2D eigenvalue weighted by molar-refractivity contribution is 6.37. The molecule has 0 saturated carbocycles. The number of aryl methyl sites for hydroxylation is 1. The van der Waals surface area contributed by atoms with E-state index >= 15 is 0 Å². The molecule has 0 atom stereocenters. The van der Waals surface area contributed by atoms with E-state index < -0.39 is 0 Å². The molecule has 41 heavy (non-hydrogen) atoms. The van der Waals surface area contributed by atoms with E-state index in [-0.39, 0.29) is 11.9 Å². The number of nitrogens with one attached hydrogen (secondary N) is 2. The molecule has 0 aliphatic carbocycles. The van der Waals surface area contributed by atoms with Crippen molar-refractivity contribution in [2.24, 2.45) is 7.05 Å². The summed E-state index contributed by atoms with van der Waals surface area (Å²) < 4.78 is 2.13. The third-order valence-electron chi connectivity index (χ3n) is 8.67. The van der Waals surface area contributed by atoms with Gasteiger partial charge in [-0.15, -0.1) is 0 Å². The van der Waals surface area contributed by atoms with Gasteiger partial charge in [0.05, 0.1) is 10.7 Å².